The van der Waals surface area contributed by atoms with Gasteiger partial charge in [-0.1, -0.05) is 11.6 Å². The maximum Gasteiger partial charge on any atom is 0.0727 e. The molecule has 0 bridgehead atoms. The largest absolute Gasteiger partial charge is 0.398 e. The normalized spacial score (nSPS) is 10.6. The van der Waals surface area contributed by atoms with Gasteiger partial charge in [0.25, 0.3) is 0 Å². The lowest BCUT2D eigenvalue weighted by Crippen LogP contribution is -1.91. The summed E-state index contributed by atoms with van der Waals surface area (Å²) in [5.41, 5.74) is 7.64. The summed E-state index contributed by atoms with van der Waals surface area (Å²) in [7, 11) is 1.90. The number of anilines is 1. The Morgan fingerprint density at radius 2 is 2.25 bits per heavy atom. The van der Waals surface area contributed by atoms with Crippen molar-refractivity contribution in [3.63, 3.8) is 0 Å². The Morgan fingerprint density at radius 3 is 2.94 bits per heavy atom. The van der Waals surface area contributed by atoms with Crippen molar-refractivity contribution in [2.45, 2.75) is 10.6 Å². The van der Waals surface area contributed by atoms with E-state index in [4.69, 9.17) is 17.3 Å². The molecule has 0 fully saturated rings. The highest BCUT2D eigenvalue weighted by atomic mass is 35.5. The molecule has 0 saturated heterocycles. The van der Waals surface area contributed by atoms with E-state index in [-0.39, 0.29) is 0 Å². The van der Waals surface area contributed by atoms with E-state index in [1.165, 1.54) is 0 Å². The van der Waals surface area contributed by atoms with Gasteiger partial charge in [0, 0.05) is 34.6 Å². The summed E-state index contributed by atoms with van der Waals surface area (Å²) in [5, 5.41) is 5.01. The van der Waals surface area contributed by atoms with E-state index < -0.39 is 0 Å². The number of hydrogen-bond donors (Lipinski definition) is 1. The first-order valence-corrected chi connectivity index (χ1v) is 6.18. The molecule has 3 nitrogen and oxygen atoms in total. The molecular weight excluding hydrogens is 242 g/mol. The molecule has 0 radical (unpaired) electrons. The molecule has 1 heterocycles. The number of hydrogen-bond acceptors (Lipinski definition) is 3. The smallest absolute Gasteiger partial charge is 0.0727 e. The van der Waals surface area contributed by atoms with E-state index in [1.54, 1.807) is 22.5 Å². The van der Waals surface area contributed by atoms with Crippen LogP contribution in [0.5, 0.6) is 0 Å². The number of halogens is 1. The van der Waals surface area contributed by atoms with Crippen LogP contribution in [0.2, 0.25) is 5.02 Å². The molecule has 1 aromatic heterocycles. The van der Waals surface area contributed by atoms with Gasteiger partial charge in [-0.05, 0) is 24.3 Å². The predicted molar refractivity (Wildman–Crippen MR) is 68.6 cm³/mol. The number of rotatable bonds is 3. The maximum absolute atomic E-state index is 5.91. The van der Waals surface area contributed by atoms with Crippen LogP contribution in [0.3, 0.4) is 0 Å². The summed E-state index contributed by atoms with van der Waals surface area (Å²) in [6.45, 7) is 0. The number of aryl methyl sites for hydroxylation is 1. The third-order valence-electron chi connectivity index (χ3n) is 2.12. The molecule has 16 heavy (non-hydrogen) atoms. The van der Waals surface area contributed by atoms with Crippen molar-refractivity contribution in [3.05, 3.63) is 41.2 Å². The first kappa shape index (κ1) is 11.4. The van der Waals surface area contributed by atoms with Gasteiger partial charge in [-0.15, -0.1) is 11.8 Å². The van der Waals surface area contributed by atoms with Gasteiger partial charge < -0.3 is 5.73 Å². The summed E-state index contributed by atoms with van der Waals surface area (Å²) in [6.07, 6.45) is 1.93. The molecule has 2 rings (SSSR count). The van der Waals surface area contributed by atoms with Gasteiger partial charge in [-0.3, -0.25) is 4.68 Å². The SMILES string of the molecule is Cn1ccc(CSc2cc(Cl)ccc2N)n1. The van der Waals surface area contributed by atoms with Crippen LogP contribution in [0, 0.1) is 0 Å². The highest BCUT2D eigenvalue weighted by molar-refractivity contribution is 7.98. The van der Waals surface area contributed by atoms with E-state index in [9.17, 15) is 0 Å². The van der Waals surface area contributed by atoms with Crippen LogP contribution >= 0.6 is 23.4 Å². The second kappa shape index (κ2) is 4.80. The van der Waals surface area contributed by atoms with E-state index in [2.05, 4.69) is 5.10 Å². The Balaban J connectivity index is 2.07. The zero-order chi connectivity index (χ0) is 11.5. The van der Waals surface area contributed by atoms with Crippen LogP contribution < -0.4 is 5.73 Å². The predicted octanol–water partition coefficient (Wildman–Crippen LogP) is 2.95. The molecule has 0 aliphatic carbocycles. The minimum absolute atomic E-state index is 0.706. The third kappa shape index (κ3) is 2.71. The Labute approximate surface area is 104 Å². The lowest BCUT2D eigenvalue weighted by Gasteiger charge is -2.04. The molecule has 0 aliphatic rings. The fourth-order valence-electron chi connectivity index (χ4n) is 1.33. The number of nitrogen functional groups attached to an aromatic ring is 1. The summed E-state index contributed by atoms with van der Waals surface area (Å²) < 4.78 is 1.79. The Morgan fingerprint density at radius 1 is 1.44 bits per heavy atom. The van der Waals surface area contributed by atoms with Crippen molar-refractivity contribution in [3.8, 4) is 0 Å². The molecule has 0 aliphatic heterocycles. The average molecular weight is 254 g/mol. The van der Waals surface area contributed by atoms with Gasteiger partial charge >= 0.3 is 0 Å². The zero-order valence-electron chi connectivity index (χ0n) is 8.85. The van der Waals surface area contributed by atoms with Gasteiger partial charge in [0.1, 0.15) is 0 Å². The molecule has 2 aromatic rings. The fraction of sp³-hybridized carbons (Fsp3) is 0.182. The Bertz CT molecular complexity index is 496. The average Bonchev–Trinajstić information content (AvgIpc) is 2.66. The molecule has 0 spiro atoms. The summed E-state index contributed by atoms with van der Waals surface area (Å²) in [5.74, 6) is 0.797. The second-order valence-corrected chi connectivity index (χ2v) is 4.91. The monoisotopic (exact) mass is 253 g/mol. The van der Waals surface area contributed by atoms with E-state index in [0.717, 1.165) is 22.0 Å². The molecule has 2 N–H and O–H groups in total. The molecule has 5 heteroatoms. The van der Waals surface area contributed by atoms with Gasteiger partial charge in [-0.2, -0.15) is 5.10 Å². The van der Waals surface area contributed by atoms with Crippen molar-refractivity contribution in [1.29, 1.82) is 0 Å². The molecular formula is C11H12ClN3S. The first-order valence-electron chi connectivity index (χ1n) is 4.81. The van der Waals surface area contributed by atoms with Gasteiger partial charge in [0.15, 0.2) is 0 Å². The topological polar surface area (TPSA) is 43.8 Å². The minimum atomic E-state index is 0.706. The number of nitrogens with zero attached hydrogens (tertiary/aromatic N) is 2. The third-order valence-corrected chi connectivity index (χ3v) is 3.46. The van der Waals surface area contributed by atoms with Crippen molar-refractivity contribution in [2.24, 2.45) is 7.05 Å². The highest BCUT2D eigenvalue weighted by Crippen LogP contribution is 2.30. The fourth-order valence-corrected chi connectivity index (χ4v) is 2.46. The lowest BCUT2D eigenvalue weighted by molar-refractivity contribution is 0.755. The Kier molecular flexibility index (Phi) is 3.41. The first-order chi connectivity index (χ1) is 7.65. The standard InChI is InChI=1S/C11H12ClN3S/c1-15-5-4-9(14-15)7-16-11-6-8(12)2-3-10(11)13/h2-6H,7,13H2,1H3. The Hall–Kier alpha value is -1.13. The van der Waals surface area contributed by atoms with Crippen LogP contribution in [-0.2, 0) is 12.8 Å². The highest BCUT2D eigenvalue weighted by Gasteiger charge is 2.03. The lowest BCUT2D eigenvalue weighted by atomic mass is 10.3. The van der Waals surface area contributed by atoms with Crippen LogP contribution in [0.4, 0.5) is 5.69 Å². The van der Waals surface area contributed by atoms with Gasteiger partial charge in [0.2, 0.25) is 0 Å². The minimum Gasteiger partial charge on any atom is -0.398 e. The molecule has 0 amide bonds. The van der Waals surface area contributed by atoms with Crippen LogP contribution in [0.1, 0.15) is 5.69 Å². The number of nitrogens with two attached hydrogens (primary N) is 1. The van der Waals surface area contributed by atoms with E-state index >= 15 is 0 Å². The van der Waals surface area contributed by atoms with Crippen molar-refractivity contribution in [2.75, 3.05) is 5.73 Å². The van der Waals surface area contributed by atoms with Crippen molar-refractivity contribution in [1.82, 2.24) is 9.78 Å². The zero-order valence-corrected chi connectivity index (χ0v) is 10.4. The van der Waals surface area contributed by atoms with E-state index in [1.807, 2.05) is 31.4 Å². The van der Waals surface area contributed by atoms with Crippen LogP contribution in [0.25, 0.3) is 0 Å². The molecule has 1 aromatic carbocycles. The second-order valence-electron chi connectivity index (χ2n) is 3.45. The van der Waals surface area contributed by atoms with Crippen molar-refractivity contribution >= 4 is 29.1 Å². The molecule has 0 unspecified atom stereocenters. The van der Waals surface area contributed by atoms with Crippen LogP contribution in [-0.4, -0.2) is 9.78 Å². The number of aromatic nitrogens is 2. The molecule has 0 saturated carbocycles. The van der Waals surface area contributed by atoms with Gasteiger partial charge in [0.05, 0.1) is 5.69 Å². The van der Waals surface area contributed by atoms with Crippen molar-refractivity contribution < 1.29 is 0 Å². The number of benzene rings is 1. The van der Waals surface area contributed by atoms with Gasteiger partial charge in [-0.25, -0.2) is 0 Å². The number of thioether (sulfide) groups is 1. The summed E-state index contributed by atoms with van der Waals surface area (Å²) in [4.78, 5) is 0.998. The molecule has 0 atom stereocenters. The summed E-state index contributed by atoms with van der Waals surface area (Å²) >= 11 is 7.56. The van der Waals surface area contributed by atoms with E-state index in [0.29, 0.717) is 5.02 Å². The van der Waals surface area contributed by atoms with Crippen LogP contribution in [0.15, 0.2) is 35.4 Å². The quantitative estimate of drug-likeness (QED) is 0.676. The summed E-state index contributed by atoms with van der Waals surface area (Å²) in [6, 6.07) is 7.49. The molecule has 84 valence electrons. The maximum atomic E-state index is 5.91.